The van der Waals surface area contributed by atoms with Crippen LogP contribution in [0.25, 0.3) is 5.57 Å². The second-order valence-corrected chi connectivity index (χ2v) is 7.50. The lowest BCUT2D eigenvalue weighted by Crippen LogP contribution is -2.08. The topological polar surface area (TPSA) is 77.9 Å². The van der Waals surface area contributed by atoms with E-state index in [1.807, 2.05) is 48.5 Å². The normalized spacial score (nSPS) is 12.7. The van der Waals surface area contributed by atoms with E-state index >= 15 is 0 Å². The lowest BCUT2D eigenvalue weighted by atomic mass is 10.0. The zero-order valence-electron chi connectivity index (χ0n) is 17.1. The molecule has 0 saturated heterocycles. The molecule has 0 unspecified atom stereocenters. The van der Waals surface area contributed by atoms with Gasteiger partial charge in [-0.3, -0.25) is 4.99 Å². The molecule has 2 heterocycles. The van der Waals surface area contributed by atoms with Crippen LogP contribution in [0.1, 0.15) is 11.1 Å². The number of methoxy groups -OCH3 is 2. The monoisotopic (exact) mass is 480 g/mol. The van der Waals surface area contributed by atoms with Crippen molar-refractivity contribution in [3.05, 3.63) is 76.7 Å². The average Bonchev–Trinajstić information content (AvgIpc) is 3.27. The van der Waals surface area contributed by atoms with Crippen molar-refractivity contribution in [3.8, 4) is 17.2 Å². The van der Waals surface area contributed by atoms with Gasteiger partial charge in [0.15, 0.2) is 0 Å². The highest BCUT2D eigenvalue weighted by atomic mass is 79.9. The van der Waals surface area contributed by atoms with E-state index in [2.05, 4.69) is 36.2 Å². The van der Waals surface area contributed by atoms with Crippen LogP contribution in [0.15, 0.2) is 70.5 Å². The van der Waals surface area contributed by atoms with Crippen LogP contribution in [0, 0.1) is 0 Å². The Balaban J connectivity index is 1.53. The number of benzene rings is 2. The molecule has 4 rings (SSSR count). The summed E-state index contributed by atoms with van der Waals surface area (Å²) in [5.74, 6) is 3.61. The van der Waals surface area contributed by atoms with Gasteiger partial charge in [0.05, 0.1) is 38.7 Å². The third kappa shape index (κ3) is 5.03. The average molecular weight is 481 g/mol. The van der Waals surface area contributed by atoms with Crippen LogP contribution in [-0.2, 0) is 6.61 Å². The molecule has 3 aromatic rings. The number of rotatable bonds is 7. The summed E-state index contributed by atoms with van der Waals surface area (Å²) in [5.41, 5.74) is 2.93. The predicted octanol–water partition coefficient (Wildman–Crippen LogP) is 4.74. The maximum Gasteiger partial charge on any atom is 0.150 e. The zero-order valence-corrected chi connectivity index (χ0v) is 18.7. The molecule has 31 heavy (non-hydrogen) atoms. The summed E-state index contributed by atoms with van der Waals surface area (Å²) in [6.07, 6.45) is 5.25. The molecule has 1 aromatic heterocycles. The van der Waals surface area contributed by atoms with Gasteiger partial charge in [-0.05, 0) is 57.4 Å². The molecule has 2 aromatic carbocycles. The number of nitrogens with zero attached hydrogens (tertiary/aromatic N) is 3. The third-order valence-electron chi connectivity index (χ3n) is 4.69. The van der Waals surface area contributed by atoms with E-state index < -0.39 is 0 Å². The number of halogens is 1. The molecule has 158 valence electrons. The van der Waals surface area contributed by atoms with Crippen molar-refractivity contribution in [2.45, 2.75) is 6.61 Å². The molecule has 1 aliphatic rings. The molecule has 8 heteroatoms. The first kappa shape index (κ1) is 20.9. The first-order chi connectivity index (χ1) is 15.2. The number of aliphatic imine (C=N–C) groups is 1. The Morgan fingerprint density at radius 3 is 2.48 bits per heavy atom. The minimum Gasteiger partial charge on any atom is -0.497 e. The molecule has 0 saturated carbocycles. The van der Waals surface area contributed by atoms with E-state index in [1.165, 1.54) is 0 Å². The minimum atomic E-state index is 0.428. The fourth-order valence-corrected chi connectivity index (χ4v) is 3.37. The van der Waals surface area contributed by atoms with E-state index in [1.54, 1.807) is 26.6 Å². The Hall–Kier alpha value is -3.39. The van der Waals surface area contributed by atoms with E-state index in [9.17, 15) is 0 Å². The summed E-state index contributed by atoms with van der Waals surface area (Å²) in [6.45, 7) is 0.934. The van der Waals surface area contributed by atoms with Crippen LogP contribution in [0.4, 0.5) is 5.82 Å². The Morgan fingerprint density at radius 2 is 1.77 bits per heavy atom. The van der Waals surface area contributed by atoms with E-state index in [-0.39, 0.29) is 0 Å². The van der Waals surface area contributed by atoms with Crippen LogP contribution < -0.4 is 19.5 Å². The fourth-order valence-electron chi connectivity index (χ4n) is 3.16. The number of hydrogen-bond donors (Lipinski definition) is 1. The lowest BCUT2D eigenvalue weighted by molar-refractivity contribution is 0.302. The largest absolute Gasteiger partial charge is 0.497 e. The highest BCUT2D eigenvalue weighted by molar-refractivity contribution is 9.10. The molecule has 0 amide bonds. The van der Waals surface area contributed by atoms with Crippen LogP contribution in [-0.4, -0.2) is 36.6 Å². The van der Waals surface area contributed by atoms with Crippen molar-refractivity contribution in [1.82, 2.24) is 9.97 Å². The summed E-state index contributed by atoms with van der Waals surface area (Å²) in [6, 6.07) is 13.6. The number of nitrogens with one attached hydrogen (secondary N) is 1. The number of anilines is 1. The standard InChI is InChI=1S/C23H21BrN4O3/c1-29-17-8-6-15(7-9-17)14-31-19-5-3-4-18(30-2)23(19)16-10-21(26-11-16)28-22-13-25-20(24)12-27-22/h3-10,12-13H,11,14H2,1-2H3,(H,26,27,28). The van der Waals surface area contributed by atoms with Crippen LogP contribution in [0.5, 0.6) is 17.2 Å². The van der Waals surface area contributed by atoms with E-state index in [0.29, 0.717) is 29.4 Å². The number of amidine groups is 1. The molecule has 1 N–H and O–H groups in total. The Bertz CT molecular complexity index is 1110. The van der Waals surface area contributed by atoms with E-state index in [4.69, 9.17) is 14.2 Å². The first-order valence-corrected chi connectivity index (χ1v) is 10.4. The van der Waals surface area contributed by atoms with Crippen molar-refractivity contribution in [3.63, 3.8) is 0 Å². The molecular formula is C23H21BrN4O3. The van der Waals surface area contributed by atoms with Gasteiger partial charge in [-0.15, -0.1) is 0 Å². The highest BCUT2D eigenvalue weighted by Crippen LogP contribution is 2.37. The molecule has 0 bridgehead atoms. The van der Waals surface area contributed by atoms with Gasteiger partial charge in [-0.2, -0.15) is 0 Å². The van der Waals surface area contributed by atoms with Gasteiger partial charge in [-0.1, -0.05) is 18.2 Å². The van der Waals surface area contributed by atoms with Gasteiger partial charge < -0.3 is 19.5 Å². The van der Waals surface area contributed by atoms with Gasteiger partial charge in [-0.25, -0.2) is 9.97 Å². The Labute approximate surface area is 188 Å². The second kappa shape index (κ2) is 9.61. The maximum absolute atomic E-state index is 6.16. The molecule has 1 aliphatic heterocycles. The maximum atomic E-state index is 6.16. The summed E-state index contributed by atoms with van der Waals surface area (Å²) >= 11 is 3.28. The number of aromatic nitrogens is 2. The number of hydrogen-bond acceptors (Lipinski definition) is 7. The summed E-state index contributed by atoms with van der Waals surface area (Å²) in [5, 5.41) is 3.18. The Kier molecular flexibility index (Phi) is 6.47. The van der Waals surface area contributed by atoms with Crippen molar-refractivity contribution < 1.29 is 14.2 Å². The minimum absolute atomic E-state index is 0.428. The van der Waals surface area contributed by atoms with Crippen molar-refractivity contribution in [2.75, 3.05) is 26.1 Å². The van der Waals surface area contributed by atoms with Crippen molar-refractivity contribution in [1.29, 1.82) is 0 Å². The van der Waals surface area contributed by atoms with E-state index in [0.717, 1.165) is 33.9 Å². The van der Waals surface area contributed by atoms with Gasteiger partial charge in [0.25, 0.3) is 0 Å². The second-order valence-electron chi connectivity index (χ2n) is 6.69. The Morgan fingerprint density at radius 1 is 0.968 bits per heavy atom. The fraction of sp³-hybridized carbons (Fsp3) is 0.174. The van der Waals surface area contributed by atoms with Crippen molar-refractivity contribution in [2.24, 2.45) is 4.99 Å². The molecule has 0 radical (unpaired) electrons. The molecule has 7 nitrogen and oxygen atoms in total. The first-order valence-electron chi connectivity index (χ1n) is 9.59. The molecule has 0 spiro atoms. The SMILES string of the molecule is COc1ccc(COc2cccc(OC)c2C2=CC(Nc3cnc(Br)cn3)=NC2)cc1. The molecular weight excluding hydrogens is 460 g/mol. The van der Waals surface area contributed by atoms with Crippen LogP contribution >= 0.6 is 15.9 Å². The predicted molar refractivity (Wildman–Crippen MR) is 124 cm³/mol. The summed E-state index contributed by atoms with van der Waals surface area (Å²) in [4.78, 5) is 13.0. The zero-order chi connectivity index (χ0) is 21.6. The smallest absolute Gasteiger partial charge is 0.150 e. The molecule has 0 atom stereocenters. The molecule has 0 fully saturated rings. The van der Waals surface area contributed by atoms with Gasteiger partial charge in [0.1, 0.15) is 40.1 Å². The quantitative estimate of drug-likeness (QED) is 0.525. The lowest BCUT2D eigenvalue weighted by Gasteiger charge is -2.15. The van der Waals surface area contributed by atoms with Crippen LogP contribution in [0.2, 0.25) is 0 Å². The van der Waals surface area contributed by atoms with Crippen molar-refractivity contribution >= 4 is 33.2 Å². The third-order valence-corrected chi connectivity index (χ3v) is 5.10. The van der Waals surface area contributed by atoms with Gasteiger partial charge in [0, 0.05) is 0 Å². The van der Waals surface area contributed by atoms with Gasteiger partial charge >= 0.3 is 0 Å². The van der Waals surface area contributed by atoms with Gasteiger partial charge in [0.2, 0.25) is 0 Å². The van der Waals surface area contributed by atoms with Crippen LogP contribution in [0.3, 0.4) is 0 Å². The highest BCUT2D eigenvalue weighted by Gasteiger charge is 2.19. The summed E-state index contributed by atoms with van der Waals surface area (Å²) in [7, 11) is 3.30. The summed E-state index contributed by atoms with van der Waals surface area (Å²) < 4.78 is 17.7. The molecule has 0 aliphatic carbocycles. The number of ether oxygens (including phenoxy) is 3.